The minimum absolute atomic E-state index is 0.0311. The molecule has 164 valence electrons. The van der Waals surface area contributed by atoms with E-state index in [1.165, 1.54) is 15.6 Å². The van der Waals surface area contributed by atoms with Gasteiger partial charge in [-0.1, -0.05) is 41.9 Å². The van der Waals surface area contributed by atoms with Gasteiger partial charge in [0.2, 0.25) is 10.0 Å². The molecular weight excluding hydrogens is 466 g/mol. The maximum absolute atomic E-state index is 13.3. The van der Waals surface area contributed by atoms with Gasteiger partial charge in [0, 0.05) is 22.8 Å². The fraction of sp³-hybridized carbons (Fsp3) is 0.208. The Labute approximate surface area is 194 Å². The second kappa shape index (κ2) is 8.15. The summed E-state index contributed by atoms with van der Waals surface area (Å²) in [6.07, 6.45) is 1.12. The zero-order valence-electron chi connectivity index (χ0n) is 17.0. The van der Waals surface area contributed by atoms with Crippen LogP contribution in [0.4, 0.5) is 0 Å². The van der Waals surface area contributed by atoms with Crippen LogP contribution in [0.1, 0.15) is 34.0 Å². The normalized spacial score (nSPS) is 16.0. The number of carboxylic acid groups (broad SMARTS) is 1. The lowest BCUT2D eigenvalue weighted by Gasteiger charge is -2.31. The monoisotopic (exact) mass is 485 g/mol. The fourth-order valence-electron chi connectivity index (χ4n) is 4.51. The largest absolute Gasteiger partial charge is 0.477 e. The molecule has 32 heavy (non-hydrogen) atoms. The Morgan fingerprint density at radius 3 is 2.44 bits per heavy atom. The van der Waals surface area contributed by atoms with Crippen LogP contribution in [0, 0.1) is 0 Å². The van der Waals surface area contributed by atoms with Crippen LogP contribution in [0.15, 0.2) is 65.6 Å². The predicted octanol–water partition coefficient (Wildman–Crippen LogP) is 5.97. The highest BCUT2D eigenvalue weighted by Gasteiger charge is 2.33. The van der Waals surface area contributed by atoms with Crippen LogP contribution in [-0.4, -0.2) is 36.9 Å². The number of nitrogens with zero attached hydrogens (tertiary/aromatic N) is 1. The molecule has 0 bridgehead atoms. The Balaban J connectivity index is 1.43. The van der Waals surface area contributed by atoms with Crippen LogP contribution < -0.4 is 0 Å². The first-order valence-electron chi connectivity index (χ1n) is 10.3. The molecule has 2 heterocycles. The van der Waals surface area contributed by atoms with Crippen molar-refractivity contribution >= 4 is 59.8 Å². The van der Waals surface area contributed by atoms with Gasteiger partial charge < -0.3 is 5.11 Å². The van der Waals surface area contributed by atoms with E-state index in [0.717, 1.165) is 26.4 Å². The molecule has 1 aliphatic heterocycles. The van der Waals surface area contributed by atoms with E-state index in [2.05, 4.69) is 0 Å². The number of piperidine rings is 1. The summed E-state index contributed by atoms with van der Waals surface area (Å²) in [6.45, 7) is 0.688. The van der Waals surface area contributed by atoms with Crippen LogP contribution in [0.2, 0.25) is 5.02 Å². The molecule has 4 aromatic rings. The van der Waals surface area contributed by atoms with E-state index in [-0.39, 0.29) is 10.8 Å². The van der Waals surface area contributed by atoms with Crippen LogP contribution in [0.3, 0.4) is 0 Å². The minimum Gasteiger partial charge on any atom is -0.477 e. The van der Waals surface area contributed by atoms with Crippen molar-refractivity contribution in [3.63, 3.8) is 0 Å². The summed E-state index contributed by atoms with van der Waals surface area (Å²) in [5.41, 5.74) is 0.780. The molecule has 0 radical (unpaired) electrons. The van der Waals surface area contributed by atoms with E-state index >= 15 is 0 Å². The molecule has 1 fully saturated rings. The third kappa shape index (κ3) is 3.69. The molecule has 1 aliphatic rings. The number of halogens is 1. The molecule has 0 amide bonds. The maximum atomic E-state index is 13.3. The summed E-state index contributed by atoms with van der Waals surface area (Å²) in [4.78, 5) is 12.5. The highest BCUT2D eigenvalue weighted by molar-refractivity contribution is 7.89. The third-order valence-electron chi connectivity index (χ3n) is 6.10. The number of carboxylic acids is 1. The first-order valence-corrected chi connectivity index (χ1v) is 12.9. The molecule has 0 spiro atoms. The van der Waals surface area contributed by atoms with Gasteiger partial charge in [-0.15, -0.1) is 11.3 Å². The lowest BCUT2D eigenvalue weighted by atomic mass is 9.88. The molecule has 1 aromatic heterocycles. The summed E-state index contributed by atoms with van der Waals surface area (Å²) in [5.74, 6) is -0.986. The Hall–Kier alpha value is -2.45. The molecule has 0 aliphatic carbocycles. The van der Waals surface area contributed by atoms with Gasteiger partial charge in [0.15, 0.2) is 0 Å². The molecule has 1 saturated heterocycles. The van der Waals surface area contributed by atoms with Gasteiger partial charge in [-0.05, 0) is 70.8 Å². The summed E-state index contributed by atoms with van der Waals surface area (Å²) < 4.78 is 28.9. The number of carbonyl (C=O) groups is 1. The molecule has 5 nitrogen and oxygen atoms in total. The van der Waals surface area contributed by atoms with Gasteiger partial charge in [-0.3, -0.25) is 0 Å². The number of benzene rings is 3. The molecule has 8 heteroatoms. The smallest absolute Gasteiger partial charge is 0.346 e. The number of hydrogen-bond acceptors (Lipinski definition) is 4. The second-order valence-electron chi connectivity index (χ2n) is 7.98. The van der Waals surface area contributed by atoms with Crippen LogP contribution in [0.5, 0.6) is 0 Å². The molecule has 3 aromatic carbocycles. The van der Waals surface area contributed by atoms with Crippen molar-refractivity contribution in [3.05, 3.63) is 76.1 Å². The van der Waals surface area contributed by atoms with Gasteiger partial charge in [-0.25, -0.2) is 13.2 Å². The van der Waals surface area contributed by atoms with E-state index < -0.39 is 16.0 Å². The zero-order chi connectivity index (χ0) is 22.5. The molecular formula is C24H20ClNO4S2. The van der Waals surface area contributed by atoms with Gasteiger partial charge in [0.05, 0.1) is 4.90 Å². The molecule has 5 rings (SSSR count). The SMILES string of the molecule is O=C(O)c1sc2ccc(Cl)cc2c1C1CCN(S(=O)(=O)c2ccc3ccccc3c2)CC1. The van der Waals surface area contributed by atoms with Crippen molar-refractivity contribution in [3.8, 4) is 0 Å². The van der Waals surface area contributed by atoms with Gasteiger partial charge in [0.25, 0.3) is 0 Å². The Kier molecular flexibility index (Phi) is 5.45. The maximum Gasteiger partial charge on any atom is 0.346 e. The first-order chi connectivity index (χ1) is 15.3. The lowest BCUT2D eigenvalue weighted by molar-refractivity contribution is 0.0700. The number of hydrogen-bond donors (Lipinski definition) is 1. The summed E-state index contributed by atoms with van der Waals surface area (Å²) >= 11 is 7.43. The summed E-state index contributed by atoms with van der Waals surface area (Å²) in [5, 5.41) is 13.1. The Morgan fingerprint density at radius 2 is 1.72 bits per heavy atom. The van der Waals surface area contributed by atoms with Crippen molar-refractivity contribution in [1.29, 1.82) is 0 Å². The number of fused-ring (bicyclic) bond motifs is 2. The number of aromatic carboxylic acids is 1. The lowest BCUT2D eigenvalue weighted by Crippen LogP contribution is -2.38. The van der Waals surface area contributed by atoms with Gasteiger partial charge >= 0.3 is 5.97 Å². The van der Waals surface area contributed by atoms with E-state index in [1.807, 2.05) is 42.5 Å². The van der Waals surface area contributed by atoms with Crippen molar-refractivity contribution in [1.82, 2.24) is 4.31 Å². The zero-order valence-corrected chi connectivity index (χ0v) is 19.4. The van der Waals surface area contributed by atoms with E-state index in [1.54, 1.807) is 18.2 Å². The summed E-state index contributed by atoms with van der Waals surface area (Å²) in [7, 11) is -3.62. The number of thiophene rings is 1. The van der Waals surface area contributed by atoms with Gasteiger partial charge in [0.1, 0.15) is 4.88 Å². The predicted molar refractivity (Wildman–Crippen MR) is 128 cm³/mol. The fourth-order valence-corrected chi connectivity index (χ4v) is 7.30. The number of sulfonamides is 1. The highest BCUT2D eigenvalue weighted by atomic mass is 35.5. The molecule has 0 unspecified atom stereocenters. The van der Waals surface area contributed by atoms with Crippen molar-refractivity contribution in [2.24, 2.45) is 0 Å². The van der Waals surface area contributed by atoms with Crippen LogP contribution in [-0.2, 0) is 10.0 Å². The third-order valence-corrected chi connectivity index (χ3v) is 9.41. The van der Waals surface area contributed by atoms with Crippen LogP contribution >= 0.6 is 22.9 Å². The second-order valence-corrected chi connectivity index (χ2v) is 11.4. The molecule has 0 saturated carbocycles. The average Bonchev–Trinajstić information content (AvgIpc) is 3.18. The molecule has 0 atom stereocenters. The molecule has 1 N–H and O–H groups in total. The van der Waals surface area contributed by atoms with E-state index in [0.29, 0.717) is 35.8 Å². The first kappa shape index (κ1) is 21.4. The Morgan fingerprint density at radius 1 is 1.00 bits per heavy atom. The van der Waals surface area contributed by atoms with Crippen molar-refractivity contribution in [2.45, 2.75) is 23.7 Å². The highest BCUT2D eigenvalue weighted by Crippen LogP contribution is 2.42. The van der Waals surface area contributed by atoms with E-state index in [4.69, 9.17) is 11.6 Å². The van der Waals surface area contributed by atoms with Gasteiger partial charge in [-0.2, -0.15) is 4.31 Å². The van der Waals surface area contributed by atoms with E-state index in [9.17, 15) is 18.3 Å². The van der Waals surface area contributed by atoms with Crippen molar-refractivity contribution in [2.75, 3.05) is 13.1 Å². The minimum atomic E-state index is -3.62. The van der Waals surface area contributed by atoms with Crippen LogP contribution in [0.25, 0.3) is 20.9 Å². The average molecular weight is 486 g/mol. The Bertz CT molecular complexity index is 1450. The summed E-state index contributed by atoms with van der Waals surface area (Å²) in [6, 6.07) is 18.3. The topological polar surface area (TPSA) is 74.7 Å². The number of rotatable bonds is 4. The standard InChI is InChI=1S/C24H20ClNO4S2/c25-18-6-8-21-20(14-18)22(23(31-21)24(27)28)16-9-11-26(12-10-16)32(29,30)19-7-5-15-3-1-2-4-17(15)13-19/h1-8,13-14,16H,9-12H2,(H,27,28). The quantitative estimate of drug-likeness (QED) is 0.386. The van der Waals surface area contributed by atoms with Crippen molar-refractivity contribution < 1.29 is 18.3 Å².